The summed E-state index contributed by atoms with van der Waals surface area (Å²) in [6, 6.07) is 23.4. The van der Waals surface area contributed by atoms with Crippen molar-refractivity contribution in [3.63, 3.8) is 0 Å². The molecule has 0 saturated carbocycles. The van der Waals surface area contributed by atoms with E-state index in [9.17, 15) is 9.59 Å². The molecule has 5 rings (SSSR count). The number of halogens is 1. The Bertz CT molecular complexity index is 1400. The number of benzene rings is 3. The Labute approximate surface area is 207 Å². The molecule has 1 N–H and O–H groups in total. The Morgan fingerprint density at radius 1 is 1.09 bits per heavy atom. The fourth-order valence-corrected chi connectivity index (χ4v) is 5.64. The van der Waals surface area contributed by atoms with Gasteiger partial charge >= 0.3 is 0 Å². The van der Waals surface area contributed by atoms with Crippen molar-refractivity contribution in [2.45, 2.75) is 36.7 Å². The van der Waals surface area contributed by atoms with Gasteiger partial charge in [-0.05, 0) is 41.8 Å². The molecule has 5 nitrogen and oxygen atoms in total. The van der Waals surface area contributed by atoms with E-state index < -0.39 is 0 Å². The van der Waals surface area contributed by atoms with Crippen LogP contribution in [0.4, 0.5) is 0 Å². The van der Waals surface area contributed by atoms with Gasteiger partial charge in [0.1, 0.15) is 5.69 Å². The van der Waals surface area contributed by atoms with E-state index in [4.69, 9.17) is 11.6 Å². The first kappa shape index (κ1) is 22.7. The average molecular weight is 490 g/mol. The van der Waals surface area contributed by atoms with Gasteiger partial charge in [-0.2, -0.15) is 0 Å². The molecule has 0 saturated heterocycles. The van der Waals surface area contributed by atoms with Gasteiger partial charge in [-0.25, -0.2) is 4.98 Å². The van der Waals surface area contributed by atoms with Gasteiger partial charge in [-0.3, -0.25) is 9.59 Å². The summed E-state index contributed by atoms with van der Waals surface area (Å²) in [6.45, 7) is 0.427. The molecule has 34 heavy (non-hydrogen) atoms. The van der Waals surface area contributed by atoms with E-state index in [1.807, 2.05) is 60.3 Å². The minimum atomic E-state index is -0.175. The first-order chi connectivity index (χ1) is 16.6. The predicted octanol–water partition coefficient (Wildman–Crippen LogP) is 5.38. The van der Waals surface area contributed by atoms with E-state index in [0.29, 0.717) is 22.8 Å². The summed E-state index contributed by atoms with van der Waals surface area (Å²) in [5.41, 5.74) is 3.76. The van der Waals surface area contributed by atoms with Crippen molar-refractivity contribution >= 4 is 40.3 Å². The van der Waals surface area contributed by atoms with Gasteiger partial charge in [0.05, 0.1) is 23.6 Å². The number of carbonyl (C=O) groups is 1. The molecule has 1 aliphatic rings. The molecular formula is C27H24ClN3O2S. The van der Waals surface area contributed by atoms with Crippen LogP contribution in [-0.4, -0.2) is 21.2 Å². The molecular weight excluding hydrogens is 466 g/mol. The van der Waals surface area contributed by atoms with Crippen LogP contribution in [0.25, 0.3) is 11.0 Å². The molecule has 4 aromatic rings. The van der Waals surface area contributed by atoms with Gasteiger partial charge < -0.3 is 9.88 Å². The normalized spacial score (nSPS) is 15.1. The minimum absolute atomic E-state index is 0.00283. The Balaban J connectivity index is 1.38. The lowest BCUT2D eigenvalue weighted by Crippen LogP contribution is -2.32. The number of amides is 1. The highest BCUT2D eigenvalue weighted by atomic mass is 35.5. The molecule has 0 bridgehead atoms. The maximum absolute atomic E-state index is 13.4. The van der Waals surface area contributed by atoms with E-state index in [-0.39, 0.29) is 30.3 Å². The SMILES string of the molecule is O=C(CCc1nc2cc(Cl)ccc2n(Cc2ccccc2)c1=O)N[C@H]1CCSc2ccccc21. The molecule has 0 aliphatic carbocycles. The third kappa shape index (κ3) is 4.88. The van der Waals surface area contributed by atoms with E-state index in [2.05, 4.69) is 22.4 Å². The Morgan fingerprint density at radius 3 is 2.74 bits per heavy atom. The van der Waals surface area contributed by atoms with Crippen LogP contribution in [0.15, 0.2) is 82.5 Å². The van der Waals surface area contributed by atoms with Crippen molar-refractivity contribution in [3.05, 3.63) is 105 Å². The number of carbonyl (C=O) groups excluding carboxylic acids is 1. The van der Waals surface area contributed by atoms with Crippen molar-refractivity contribution in [1.29, 1.82) is 0 Å². The summed E-state index contributed by atoms with van der Waals surface area (Å²) in [7, 11) is 0. The highest BCUT2D eigenvalue weighted by Gasteiger charge is 2.22. The van der Waals surface area contributed by atoms with Crippen LogP contribution < -0.4 is 10.9 Å². The predicted molar refractivity (Wildman–Crippen MR) is 138 cm³/mol. The summed E-state index contributed by atoms with van der Waals surface area (Å²) in [5.74, 6) is 0.896. The third-order valence-corrected chi connectivity index (χ3v) is 7.40. The molecule has 0 fully saturated rings. The first-order valence-corrected chi connectivity index (χ1v) is 12.7. The lowest BCUT2D eigenvalue weighted by molar-refractivity contribution is -0.121. The number of rotatable bonds is 6. The quantitative estimate of drug-likeness (QED) is 0.394. The number of thioether (sulfide) groups is 1. The largest absolute Gasteiger partial charge is 0.349 e. The van der Waals surface area contributed by atoms with Crippen LogP contribution >= 0.6 is 23.4 Å². The standard InChI is InChI=1S/C27H24ClN3O2S/c28-19-10-12-24-23(16-19)29-22(27(33)31(24)17-18-6-2-1-3-7-18)11-13-26(32)30-21-14-15-34-25-9-5-4-8-20(21)25/h1-10,12,16,21H,11,13-15,17H2,(H,30,32)/t21-/m0/s1. The van der Waals surface area contributed by atoms with E-state index in [1.165, 1.54) is 4.90 Å². The highest BCUT2D eigenvalue weighted by Crippen LogP contribution is 2.35. The van der Waals surface area contributed by atoms with Gasteiger partial charge in [0.15, 0.2) is 0 Å². The number of aromatic nitrogens is 2. The molecule has 2 heterocycles. The zero-order chi connectivity index (χ0) is 23.5. The summed E-state index contributed by atoms with van der Waals surface area (Å²) < 4.78 is 1.72. The fraction of sp³-hybridized carbons (Fsp3) is 0.222. The first-order valence-electron chi connectivity index (χ1n) is 11.3. The average Bonchev–Trinajstić information content (AvgIpc) is 2.85. The van der Waals surface area contributed by atoms with Crippen molar-refractivity contribution in [1.82, 2.24) is 14.9 Å². The van der Waals surface area contributed by atoms with Gasteiger partial charge in [-0.15, -0.1) is 11.8 Å². The van der Waals surface area contributed by atoms with Crippen LogP contribution in [-0.2, 0) is 17.8 Å². The van der Waals surface area contributed by atoms with Crippen LogP contribution in [0.5, 0.6) is 0 Å². The van der Waals surface area contributed by atoms with Gasteiger partial charge in [-0.1, -0.05) is 60.1 Å². The minimum Gasteiger partial charge on any atom is -0.349 e. The Kier molecular flexibility index (Phi) is 6.70. The van der Waals surface area contributed by atoms with Crippen molar-refractivity contribution in [2.24, 2.45) is 0 Å². The number of fused-ring (bicyclic) bond motifs is 2. The van der Waals surface area contributed by atoms with Gasteiger partial charge in [0.25, 0.3) is 5.56 Å². The number of hydrogen-bond acceptors (Lipinski definition) is 4. The van der Waals surface area contributed by atoms with Crippen LogP contribution in [0, 0.1) is 0 Å². The van der Waals surface area contributed by atoms with Crippen LogP contribution in [0.1, 0.15) is 35.7 Å². The second-order valence-electron chi connectivity index (χ2n) is 8.36. The molecule has 172 valence electrons. The topological polar surface area (TPSA) is 64.0 Å². The van der Waals surface area contributed by atoms with E-state index in [0.717, 1.165) is 28.8 Å². The lowest BCUT2D eigenvalue weighted by Gasteiger charge is -2.25. The Hall–Kier alpha value is -3.09. The maximum atomic E-state index is 13.4. The molecule has 1 atom stereocenters. The van der Waals surface area contributed by atoms with Gasteiger partial charge in [0.2, 0.25) is 5.91 Å². The van der Waals surface area contributed by atoms with Crippen molar-refractivity contribution in [3.8, 4) is 0 Å². The molecule has 7 heteroatoms. The van der Waals surface area contributed by atoms with Crippen molar-refractivity contribution < 1.29 is 4.79 Å². The number of nitrogens with one attached hydrogen (secondary N) is 1. The van der Waals surface area contributed by atoms with E-state index in [1.54, 1.807) is 16.7 Å². The highest BCUT2D eigenvalue weighted by molar-refractivity contribution is 7.99. The third-order valence-electron chi connectivity index (χ3n) is 6.04. The second-order valence-corrected chi connectivity index (χ2v) is 9.94. The summed E-state index contributed by atoms with van der Waals surface area (Å²) in [6.07, 6.45) is 1.36. The summed E-state index contributed by atoms with van der Waals surface area (Å²) in [5, 5.41) is 3.71. The molecule has 0 spiro atoms. The zero-order valence-corrected chi connectivity index (χ0v) is 20.1. The molecule has 0 radical (unpaired) electrons. The summed E-state index contributed by atoms with van der Waals surface area (Å²) in [4.78, 5) is 32.0. The van der Waals surface area contributed by atoms with Gasteiger partial charge in [0, 0.05) is 28.5 Å². The Morgan fingerprint density at radius 2 is 1.88 bits per heavy atom. The molecule has 0 unspecified atom stereocenters. The van der Waals surface area contributed by atoms with Crippen molar-refractivity contribution in [2.75, 3.05) is 5.75 Å². The summed E-state index contributed by atoms with van der Waals surface area (Å²) >= 11 is 8.03. The molecule has 1 aromatic heterocycles. The number of aryl methyl sites for hydroxylation is 1. The maximum Gasteiger partial charge on any atom is 0.273 e. The molecule has 1 amide bonds. The lowest BCUT2D eigenvalue weighted by atomic mass is 10.0. The van der Waals surface area contributed by atoms with Crippen LogP contribution in [0.2, 0.25) is 5.02 Å². The number of nitrogens with zero attached hydrogens (tertiary/aromatic N) is 2. The number of hydrogen-bond donors (Lipinski definition) is 1. The zero-order valence-electron chi connectivity index (χ0n) is 18.5. The molecule has 3 aromatic carbocycles. The van der Waals surface area contributed by atoms with E-state index >= 15 is 0 Å². The molecule has 1 aliphatic heterocycles. The van der Waals surface area contributed by atoms with Crippen LogP contribution in [0.3, 0.4) is 0 Å². The smallest absolute Gasteiger partial charge is 0.273 e. The monoisotopic (exact) mass is 489 g/mol. The fourth-order valence-electron chi connectivity index (χ4n) is 4.35. The second kappa shape index (κ2) is 10.0.